The molecule has 0 saturated carbocycles. The quantitative estimate of drug-likeness (QED) is 0.800. The van der Waals surface area contributed by atoms with E-state index in [0.29, 0.717) is 16.6 Å². The van der Waals surface area contributed by atoms with Gasteiger partial charge in [0.1, 0.15) is 5.82 Å². The number of rotatable bonds is 3. The number of halogens is 2. The van der Waals surface area contributed by atoms with E-state index < -0.39 is 0 Å². The molecule has 19 heavy (non-hydrogen) atoms. The predicted molar refractivity (Wildman–Crippen MR) is 78.6 cm³/mol. The van der Waals surface area contributed by atoms with Crippen molar-refractivity contribution in [3.05, 3.63) is 39.6 Å². The minimum Gasteiger partial charge on any atom is -0.325 e. The molecule has 1 amide bonds. The van der Waals surface area contributed by atoms with Crippen molar-refractivity contribution < 1.29 is 9.18 Å². The van der Waals surface area contributed by atoms with Gasteiger partial charge in [-0.2, -0.15) is 0 Å². The summed E-state index contributed by atoms with van der Waals surface area (Å²) in [4.78, 5) is 11.9. The first-order valence-corrected chi connectivity index (χ1v) is 7.29. The Balaban J connectivity index is 2.02. The van der Waals surface area contributed by atoms with Gasteiger partial charge >= 0.3 is 0 Å². The average Bonchev–Trinajstić information content (AvgIpc) is 2.37. The number of amides is 1. The molecule has 1 aromatic rings. The van der Waals surface area contributed by atoms with E-state index >= 15 is 0 Å². The normalized spacial score (nSPS) is 15.0. The number of hydrogen-bond donors (Lipinski definition) is 1. The lowest BCUT2D eigenvalue weighted by Crippen LogP contribution is -2.14. The summed E-state index contributed by atoms with van der Waals surface area (Å²) in [6.45, 7) is 1.85. The lowest BCUT2D eigenvalue weighted by molar-refractivity contribution is -0.115. The largest absolute Gasteiger partial charge is 0.325 e. The number of carbonyl (C=O) groups is 1. The number of benzene rings is 1. The molecular formula is C15H17BrFNO. The van der Waals surface area contributed by atoms with Crippen molar-refractivity contribution in [3.8, 4) is 0 Å². The Hall–Kier alpha value is -1.16. The summed E-state index contributed by atoms with van der Waals surface area (Å²) in [7, 11) is 0. The van der Waals surface area contributed by atoms with Crippen LogP contribution in [0.5, 0.6) is 0 Å². The second-order valence-electron chi connectivity index (χ2n) is 4.91. The molecule has 1 aromatic carbocycles. The minimum atomic E-state index is -0.363. The van der Waals surface area contributed by atoms with E-state index in [-0.39, 0.29) is 11.7 Å². The number of carbonyl (C=O) groups excluding carboxylic acids is 1. The zero-order valence-electron chi connectivity index (χ0n) is 10.9. The third kappa shape index (κ3) is 3.90. The SMILES string of the molecule is Cc1cc(Br)c(F)cc1NC(=O)CC1=CCCCC1. The van der Waals surface area contributed by atoms with Crippen LogP contribution in [0.15, 0.2) is 28.3 Å². The third-order valence-electron chi connectivity index (χ3n) is 3.31. The maximum atomic E-state index is 13.5. The van der Waals surface area contributed by atoms with Gasteiger partial charge in [-0.05, 0) is 66.2 Å². The maximum Gasteiger partial charge on any atom is 0.228 e. The van der Waals surface area contributed by atoms with Crippen LogP contribution in [0, 0.1) is 12.7 Å². The van der Waals surface area contributed by atoms with Crippen LogP contribution in [0.1, 0.15) is 37.7 Å². The van der Waals surface area contributed by atoms with Crippen LogP contribution in [0.2, 0.25) is 0 Å². The maximum absolute atomic E-state index is 13.5. The van der Waals surface area contributed by atoms with Crippen LogP contribution in [-0.4, -0.2) is 5.91 Å². The molecule has 1 N–H and O–H groups in total. The van der Waals surface area contributed by atoms with E-state index in [4.69, 9.17) is 0 Å². The molecule has 0 atom stereocenters. The summed E-state index contributed by atoms with van der Waals surface area (Å²) < 4.78 is 13.9. The van der Waals surface area contributed by atoms with Crippen LogP contribution in [0.25, 0.3) is 0 Å². The number of nitrogens with one attached hydrogen (secondary N) is 1. The lowest BCUT2D eigenvalue weighted by Gasteiger charge is -2.13. The van der Waals surface area contributed by atoms with Gasteiger partial charge in [-0.15, -0.1) is 0 Å². The molecule has 0 aromatic heterocycles. The summed E-state index contributed by atoms with van der Waals surface area (Å²) in [6, 6.07) is 3.03. The van der Waals surface area contributed by atoms with Gasteiger partial charge in [-0.25, -0.2) is 4.39 Å². The molecule has 1 aliphatic carbocycles. The highest BCUT2D eigenvalue weighted by atomic mass is 79.9. The molecule has 2 nitrogen and oxygen atoms in total. The van der Waals surface area contributed by atoms with E-state index in [2.05, 4.69) is 27.3 Å². The second kappa shape index (κ2) is 6.33. The number of allylic oxidation sites excluding steroid dienone is 1. The Morgan fingerprint density at radius 2 is 2.21 bits per heavy atom. The number of anilines is 1. The van der Waals surface area contributed by atoms with Gasteiger partial charge in [0.2, 0.25) is 5.91 Å². The van der Waals surface area contributed by atoms with E-state index in [1.165, 1.54) is 18.1 Å². The Bertz CT molecular complexity index is 525. The topological polar surface area (TPSA) is 29.1 Å². The highest BCUT2D eigenvalue weighted by Crippen LogP contribution is 2.25. The number of hydrogen-bond acceptors (Lipinski definition) is 1. The zero-order valence-corrected chi connectivity index (χ0v) is 12.5. The van der Waals surface area contributed by atoms with Crippen molar-refractivity contribution >= 4 is 27.5 Å². The molecule has 0 aliphatic heterocycles. The van der Waals surface area contributed by atoms with Crippen molar-refractivity contribution in [2.45, 2.75) is 39.0 Å². The van der Waals surface area contributed by atoms with E-state index in [1.54, 1.807) is 6.07 Å². The minimum absolute atomic E-state index is 0.0713. The van der Waals surface area contributed by atoms with E-state index in [9.17, 15) is 9.18 Å². The van der Waals surface area contributed by atoms with Gasteiger partial charge < -0.3 is 5.32 Å². The van der Waals surface area contributed by atoms with Crippen LogP contribution >= 0.6 is 15.9 Å². The number of aryl methyl sites for hydroxylation is 1. The van der Waals surface area contributed by atoms with Gasteiger partial charge in [-0.3, -0.25) is 4.79 Å². The van der Waals surface area contributed by atoms with Crippen molar-refractivity contribution in [1.82, 2.24) is 0 Å². The molecule has 0 unspecified atom stereocenters. The lowest BCUT2D eigenvalue weighted by atomic mass is 9.97. The van der Waals surface area contributed by atoms with Crippen LogP contribution in [-0.2, 0) is 4.79 Å². The fraction of sp³-hybridized carbons (Fsp3) is 0.400. The van der Waals surface area contributed by atoms with Crippen molar-refractivity contribution in [3.63, 3.8) is 0 Å². The second-order valence-corrected chi connectivity index (χ2v) is 5.77. The molecule has 0 radical (unpaired) electrons. The summed E-state index contributed by atoms with van der Waals surface area (Å²) in [5.41, 5.74) is 2.58. The molecule has 0 fully saturated rings. The molecule has 4 heteroatoms. The Morgan fingerprint density at radius 1 is 1.42 bits per heavy atom. The van der Waals surface area contributed by atoms with Crippen LogP contribution < -0.4 is 5.32 Å². The Morgan fingerprint density at radius 3 is 2.89 bits per heavy atom. The summed E-state index contributed by atoms with van der Waals surface area (Å²) in [5.74, 6) is -0.434. The van der Waals surface area contributed by atoms with E-state index in [1.807, 2.05) is 6.92 Å². The fourth-order valence-electron chi connectivity index (χ4n) is 2.25. The molecule has 0 spiro atoms. The smallest absolute Gasteiger partial charge is 0.228 e. The predicted octanol–water partition coefficient (Wildman–Crippen LogP) is 4.73. The van der Waals surface area contributed by atoms with Gasteiger partial charge in [0.15, 0.2) is 0 Å². The zero-order chi connectivity index (χ0) is 13.8. The molecule has 0 heterocycles. The van der Waals surface area contributed by atoms with Crippen LogP contribution in [0.4, 0.5) is 10.1 Å². The fourth-order valence-corrected chi connectivity index (χ4v) is 2.70. The third-order valence-corrected chi connectivity index (χ3v) is 3.92. The Kier molecular flexibility index (Phi) is 4.75. The monoisotopic (exact) mass is 325 g/mol. The van der Waals surface area contributed by atoms with Crippen molar-refractivity contribution in [2.75, 3.05) is 5.32 Å². The first-order chi connectivity index (χ1) is 9.06. The van der Waals surface area contributed by atoms with E-state index in [0.717, 1.165) is 24.8 Å². The molecule has 1 aliphatic rings. The first kappa shape index (κ1) is 14.3. The highest BCUT2D eigenvalue weighted by Gasteiger charge is 2.11. The summed E-state index contributed by atoms with van der Waals surface area (Å²) >= 11 is 3.13. The van der Waals surface area contributed by atoms with Gasteiger partial charge in [-0.1, -0.05) is 11.6 Å². The van der Waals surface area contributed by atoms with Crippen molar-refractivity contribution in [2.24, 2.45) is 0 Å². The molecule has 0 bridgehead atoms. The van der Waals surface area contributed by atoms with Crippen molar-refractivity contribution in [1.29, 1.82) is 0 Å². The Labute approximate surface area is 121 Å². The van der Waals surface area contributed by atoms with Gasteiger partial charge in [0.05, 0.1) is 4.47 Å². The molecule has 2 rings (SSSR count). The van der Waals surface area contributed by atoms with Gasteiger partial charge in [0, 0.05) is 12.1 Å². The molecule has 0 saturated heterocycles. The van der Waals surface area contributed by atoms with Gasteiger partial charge in [0.25, 0.3) is 0 Å². The molecular weight excluding hydrogens is 309 g/mol. The summed E-state index contributed by atoms with van der Waals surface area (Å²) in [6.07, 6.45) is 7.00. The van der Waals surface area contributed by atoms with Crippen LogP contribution in [0.3, 0.4) is 0 Å². The average molecular weight is 326 g/mol. The standard InChI is InChI=1S/C15H17BrFNO/c1-10-7-12(16)13(17)9-14(10)18-15(19)8-11-5-3-2-4-6-11/h5,7,9H,2-4,6,8H2,1H3,(H,18,19). The molecule has 102 valence electrons. The summed E-state index contributed by atoms with van der Waals surface area (Å²) in [5, 5.41) is 2.78. The first-order valence-electron chi connectivity index (χ1n) is 6.49. The highest BCUT2D eigenvalue weighted by molar-refractivity contribution is 9.10.